The number of aryl methyl sites for hydroxylation is 1. The number of benzene rings is 1. The van der Waals surface area contributed by atoms with Crippen LogP contribution in [0.25, 0.3) is 17.5 Å². The molecule has 0 fully saturated rings. The van der Waals surface area contributed by atoms with Crippen LogP contribution in [0.1, 0.15) is 22.4 Å². The fourth-order valence-corrected chi connectivity index (χ4v) is 2.86. The number of tetrazole rings is 1. The maximum atomic E-state index is 4.47. The number of aromatic nitrogens is 5. The van der Waals surface area contributed by atoms with Crippen molar-refractivity contribution < 1.29 is 0 Å². The van der Waals surface area contributed by atoms with Gasteiger partial charge in [-0.05, 0) is 48.2 Å². The zero-order valence-corrected chi connectivity index (χ0v) is 12.2. The molecule has 2 aromatic heterocycles. The van der Waals surface area contributed by atoms with Gasteiger partial charge in [0.15, 0.2) is 0 Å². The highest BCUT2D eigenvalue weighted by molar-refractivity contribution is 5.71. The van der Waals surface area contributed by atoms with E-state index < -0.39 is 0 Å². The van der Waals surface area contributed by atoms with Crippen LogP contribution in [0.5, 0.6) is 0 Å². The first-order valence-corrected chi connectivity index (χ1v) is 7.26. The SMILES string of the molecule is Cc1ccc(CC2=Cc3nccc(-c4nn[nH]n4)c3C2)cc1. The number of nitrogens with one attached hydrogen (secondary N) is 1. The Morgan fingerprint density at radius 3 is 2.77 bits per heavy atom. The van der Waals surface area contributed by atoms with E-state index in [4.69, 9.17) is 0 Å². The number of nitrogens with zero attached hydrogens (tertiary/aromatic N) is 4. The van der Waals surface area contributed by atoms with Crippen molar-refractivity contribution in [2.75, 3.05) is 0 Å². The molecular weight excluding hydrogens is 274 g/mol. The molecule has 0 saturated carbocycles. The number of rotatable bonds is 3. The van der Waals surface area contributed by atoms with Crippen LogP contribution in [0.4, 0.5) is 0 Å². The average Bonchev–Trinajstić information content (AvgIpc) is 3.18. The quantitative estimate of drug-likeness (QED) is 0.805. The molecule has 1 N–H and O–H groups in total. The van der Waals surface area contributed by atoms with Gasteiger partial charge >= 0.3 is 0 Å². The fraction of sp³-hybridized carbons (Fsp3) is 0.176. The molecule has 5 nitrogen and oxygen atoms in total. The number of aromatic amines is 1. The van der Waals surface area contributed by atoms with Crippen molar-refractivity contribution in [1.82, 2.24) is 25.6 Å². The van der Waals surface area contributed by atoms with Gasteiger partial charge in [0.2, 0.25) is 5.82 Å². The van der Waals surface area contributed by atoms with Gasteiger partial charge in [-0.2, -0.15) is 5.21 Å². The topological polar surface area (TPSA) is 67.3 Å². The van der Waals surface area contributed by atoms with E-state index in [0.29, 0.717) is 5.82 Å². The lowest BCUT2D eigenvalue weighted by Gasteiger charge is -2.05. The third kappa shape index (κ3) is 2.30. The number of allylic oxidation sites excluding steroid dienone is 1. The van der Waals surface area contributed by atoms with E-state index >= 15 is 0 Å². The molecule has 5 heteroatoms. The van der Waals surface area contributed by atoms with Crippen molar-refractivity contribution in [3.63, 3.8) is 0 Å². The van der Waals surface area contributed by atoms with Crippen molar-refractivity contribution >= 4 is 6.08 Å². The van der Waals surface area contributed by atoms with Gasteiger partial charge in [0, 0.05) is 11.8 Å². The molecule has 0 spiro atoms. The fourth-order valence-electron chi connectivity index (χ4n) is 2.86. The highest BCUT2D eigenvalue weighted by Crippen LogP contribution is 2.32. The Labute approximate surface area is 128 Å². The smallest absolute Gasteiger partial charge is 0.205 e. The number of hydrogen-bond acceptors (Lipinski definition) is 4. The van der Waals surface area contributed by atoms with Crippen LogP contribution >= 0.6 is 0 Å². The van der Waals surface area contributed by atoms with E-state index in [1.54, 1.807) is 6.20 Å². The lowest BCUT2D eigenvalue weighted by Crippen LogP contribution is -1.95. The second-order valence-electron chi connectivity index (χ2n) is 5.60. The molecule has 0 radical (unpaired) electrons. The Kier molecular flexibility index (Phi) is 3.04. The number of pyridine rings is 1. The molecule has 4 rings (SSSR count). The predicted octanol–water partition coefficient (Wildman–Crippen LogP) is 2.75. The van der Waals surface area contributed by atoms with E-state index in [2.05, 4.69) is 62.9 Å². The molecule has 108 valence electrons. The minimum atomic E-state index is 0.628. The summed E-state index contributed by atoms with van der Waals surface area (Å²) in [5.41, 5.74) is 7.19. The monoisotopic (exact) mass is 289 g/mol. The van der Waals surface area contributed by atoms with Gasteiger partial charge < -0.3 is 0 Å². The van der Waals surface area contributed by atoms with E-state index in [1.807, 2.05) is 6.07 Å². The minimum Gasteiger partial charge on any atom is -0.257 e. The highest BCUT2D eigenvalue weighted by atomic mass is 15.5. The third-order valence-corrected chi connectivity index (χ3v) is 3.97. The van der Waals surface area contributed by atoms with E-state index in [0.717, 1.165) is 24.1 Å². The average molecular weight is 289 g/mol. The minimum absolute atomic E-state index is 0.628. The molecule has 0 unspecified atom stereocenters. The Hall–Kier alpha value is -2.82. The molecule has 0 atom stereocenters. The standard InChI is InChI=1S/C17H15N5/c1-11-2-4-12(5-3-11)8-13-9-15-14(17-19-21-22-20-17)6-7-18-16(15)10-13/h2-7,10H,8-9H2,1H3,(H,19,20,21,22). The molecule has 0 bridgehead atoms. The first kappa shape index (κ1) is 12.9. The number of fused-ring (bicyclic) bond motifs is 1. The van der Waals surface area contributed by atoms with Crippen LogP contribution in [0.3, 0.4) is 0 Å². The zero-order valence-electron chi connectivity index (χ0n) is 12.2. The van der Waals surface area contributed by atoms with E-state index in [9.17, 15) is 0 Å². The molecule has 22 heavy (non-hydrogen) atoms. The summed E-state index contributed by atoms with van der Waals surface area (Å²) in [6.07, 6.45) is 5.82. The van der Waals surface area contributed by atoms with Crippen molar-refractivity contribution in [3.05, 3.63) is 64.5 Å². The Morgan fingerprint density at radius 1 is 1.14 bits per heavy atom. The van der Waals surface area contributed by atoms with Crippen LogP contribution in [0, 0.1) is 6.92 Å². The van der Waals surface area contributed by atoms with Gasteiger partial charge in [-0.3, -0.25) is 4.98 Å². The second-order valence-corrected chi connectivity index (χ2v) is 5.60. The van der Waals surface area contributed by atoms with Crippen molar-refractivity contribution in [2.45, 2.75) is 19.8 Å². The van der Waals surface area contributed by atoms with Crippen LogP contribution in [0.15, 0.2) is 42.1 Å². The van der Waals surface area contributed by atoms with Gasteiger partial charge in [0.05, 0.1) is 5.69 Å². The molecular formula is C17H15N5. The van der Waals surface area contributed by atoms with Crippen molar-refractivity contribution in [2.24, 2.45) is 0 Å². The maximum Gasteiger partial charge on any atom is 0.205 e. The largest absolute Gasteiger partial charge is 0.257 e. The summed E-state index contributed by atoms with van der Waals surface area (Å²) in [5.74, 6) is 0.628. The lowest BCUT2D eigenvalue weighted by molar-refractivity contribution is 0.881. The molecule has 1 aliphatic rings. The Morgan fingerprint density at radius 2 is 2.00 bits per heavy atom. The molecule has 0 amide bonds. The first-order chi connectivity index (χ1) is 10.8. The number of hydrogen-bond donors (Lipinski definition) is 1. The zero-order chi connectivity index (χ0) is 14.9. The summed E-state index contributed by atoms with van der Waals surface area (Å²) in [6.45, 7) is 2.11. The van der Waals surface area contributed by atoms with Crippen LogP contribution in [0.2, 0.25) is 0 Å². The van der Waals surface area contributed by atoms with Crippen LogP contribution in [-0.2, 0) is 12.8 Å². The third-order valence-electron chi connectivity index (χ3n) is 3.97. The summed E-state index contributed by atoms with van der Waals surface area (Å²) in [4.78, 5) is 4.47. The molecule has 2 heterocycles. The van der Waals surface area contributed by atoms with Crippen molar-refractivity contribution in [3.8, 4) is 11.4 Å². The summed E-state index contributed by atoms with van der Waals surface area (Å²) in [7, 11) is 0. The van der Waals surface area contributed by atoms with Crippen LogP contribution in [-0.4, -0.2) is 25.6 Å². The van der Waals surface area contributed by atoms with Gasteiger partial charge in [-0.15, -0.1) is 10.2 Å². The lowest BCUT2D eigenvalue weighted by atomic mass is 10.0. The van der Waals surface area contributed by atoms with Crippen LogP contribution < -0.4 is 0 Å². The summed E-state index contributed by atoms with van der Waals surface area (Å²) in [5, 5.41) is 14.3. The molecule has 1 aliphatic carbocycles. The molecule has 0 saturated heterocycles. The summed E-state index contributed by atoms with van der Waals surface area (Å²) < 4.78 is 0. The van der Waals surface area contributed by atoms with Gasteiger partial charge in [0.1, 0.15) is 0 Å². The Balaban J connectivity index is 1.62. The second kappa shape index (κ2) is 5.18. The van der Waals surface area contributed by atoms with Crippen molar-refractivity contribution in [1.29, 1.82) is 0 Å². The highest BCUT2D eigenvalue weighted by Gasteiger charge is 2.20. The summed E-state index contributed by atoms with van der Waals surface area (Å²) in [6, 6.07) is 10.6. The maximum absolute atomic E-state index is 4.47. The molecule has 0 aliphatic heterocycles. The normalized spacial score (nSPS) is 13.0. The Bertz CT molecular complexity index is 832. The van der Waals surface area contributed by atoms with E-state index in [-0.39, 0.29) is 0 Å². The van der Waals surface area contributed by atoms with Gasteiger partial charge in [-0.1, -0.05) is 35.4 Å². The summed E-state index contributed by atoms with van der Waals surface area (Å²) >= 11 is 0. The van der Waals surface area contributed by atoms with Gasteiger partial charge in [0.25, 0.3) is 0 Å². The molecule has 1 aromatic carbocycles. The first-order valence-electron chi connectivity index (χ1n) is 7.26. The number of H-pyrrole nitrogens is 1. The molecule has 3 aromatic rings. The van der Waals surface area contributed by atoms with E-state index in [1.165, 1.54) is 22.3 Å². The van der Waals surface area contributed by atoms with Gasteiger partial charge in [-0.25, -0.2) is 0 Å². The predicted molar refractivity (Wildman–Crippen MR) is 84.0 cm³/mol.